The fourth-order valence-corrected chi connectivity index (χ4v) is 3.10. The Morgan fingerprint density at radius 1 is 1.17 bits per heavy atom. The average Bonchev–Trinajstić information content (AvgIpc) is 2.57. The van der Waals surface area contributed by atoms with Crippen molar-refractivity contribution in [2.24, 2.45) is 13.0 Å². The number of hydrogen-bond acceptors (Lipinski definition) is 3. The van der Waals surface area contributed by atoms with Crippen LogP contribution in [0.4, 0.5) is 0 Å². The van der Waals surface area contributed by atoms with Crippen LogP contribution >= 0.6 is 0 Å². The van der Waals surface area contributed by atoms with Gasteiger partial charge in [0.1, 0.15) is 6.54 Å². The standard InChI is InChI=1S/C17H21N3O3/c1-12-7-9-19(10-8-12)15(21)11-20-16(22)13-5-3-4-6-14(13)18(2)17(20)23/h3-6,12H,7-11H2,1-2H3. The summed E-state index contributed by atoms with van der Waals surface area (Å²) in [6, 6.07) is 6.95. The molecule has 1 fully saturated rings. The summed E-state index contributed by atoms with van der Waals surface area (Å²) >= 11 is 0. The fourth-order valence-electron chi connectivity index (χ4n) is 3.10. The number of carbonyl (C=O) groups is 1. The van der Waals surface area contributed by atoms with Crippen LogP contribution in [-0.2, 0) is 18.4 Å². The second kappa shape index (κ2) is 6.02. The second-order valence-corrected chi connectivity index (χ2v) is 6.31. The molecule has 0 unspecified atom stereocenters. The van der Waals surface area contributed by atoms with Gasteiger partial charge in [-0.1, -0.05) is 19.1 Å². The number of benzene rings is 1. The van der Waals surface area contributed by atoms with Crippen LogP contribution in [0.1, 0.15) is 19.8 Å². The zero-order valence-corrected chi connectivity index (χ0v) is 13.5. The van der Waals surface area contributed by atoms with Crippen LogP contribution < -0.4 is 11.2 Å². The van der Waals surface area contributed by atoms with E-state index in [1.807, 2.05) is 0 Å². The van der Waals surface area contributed by atoms with Gasteiger partial charge in [-0.3, -0.25) is 18.7 Å². The lowest BCUT2D eigenvalue weighted by Gasteiger charge is -2.30. The highest BCUT2D eigenvalue weighted by Gasteiger charge is 2.22. The van der Waals surface area contributed by atoms with Gasteiger partial charge in [0.2, 0.25) is 5.91 Å². The Labute approximate surface area is 133 Å². The van der Waals surface area contributed by atoms with Crippen molar-refractivity contribution in [3.63, 3.8) is 0 Å². The number of piperidine rings is 1. The van der Waals surface area contributed by atoms with Gasteiger partial charge in [0.15, 0.2) is 0 Å². The number of hydrogen-bond donors (Lipinski definition) is 0. The normalized spacial score (nSPS) is 16.0. The highest BCUT2D eigenvalue weighted by atomic mass is 16.2. The minimum Gasteiger partial charge on any atom is -0.341 e. The van der Waals surface area contributed by atoms with Crippen LogP contribution in [0, 0.1) is 5.92 Å². The molecule has 6 nitrogen and oxygen atoms in total. The molecule has 0 atom stereocenters. The van der Waals surface area contributed by atoms with E-state index in [0.717, 1.165) is 17.4 Å². The SMILES string of the molecule is CC1CCN(C(=O)Cn2c(=O)c3ccccc3n(C)c2=O)CC1. The molecule has 0 saturated carbocycles. The Balaban J connectivity index is 1.96. The summed E-state index contributed by atoms with van der Waals surface area (Å²) in [6.45, 7) is 3.38. The molecule has 6 heteroatoms. The molecule has 23 heavy (non-hydrogen) atoms. The zero-order valence-electron chi connectivity index (χ0n) is 13.5. The van der Waals surface area contributed by atoms with Gasteiger partial charge < -0.3 is 4.90 Å². The van der Waals surface area contributed by atoms with Crippen molar-refractivity contribution >= 4 is 16.8 Å². The van der Waals surface area contributed by atoms with Gasteiger partial charge in [-0.25, -0.2) is 4.79 Å². The molecule has 1 amide bonds. The third-order valence-corrected chi connectivity index (χ3v) is 4.69. The average molecular weight is 315 g/mol. The van der Waals surface area contributed by atoms with E-state index in [2.05, 4.69) is 6.92 Å². The summed E-state index contributed by atoms with van der Waals surface area (Å²) in [5.41, 5.74) is -0.271. The summed E-state index contributed by atoms with van der Waals surface area (Å²) in [6.07, 6.45) is 1.94. The lowest BCUT2D eigenvalue weighted by atomic mass is 9.99. The van der Waals surface area contributed by atoms with E-state index >= 15 is 0 Å². The minimum atomic E-state index is -0.451. The quantitative estimate of drug-likeness (QED) is 0.829. The van der Waals surface area contributed by atoms with Crippen LogP contribution in [0.2, 0.25) is 0 Å². The van der Waals surface area contributed by atoms with Crippen LogP contribution in [0.5, 0.6) is 0 Å². The Morgan fingerprint density at radius 3 is 2.52 bits per heavy atom. The van der Waals surface area contributed by atoms with Crippen LogP contribution in [0.15, 0.2) is 33.9 Å². The van der Waals surface area contributed by atoms with E-state index < -0.39 is 11.2 Å². The molecule has 2 heterocycles. The summed E-state index contributed by atoms with van der Waals surface area (Å²) < 4.78 is 2.46. The van der Waals surface area contributed by atoms with Crippen molar-refractivity contribution in [3.8, 4) is 0 Å². The van der Waals surface area contributed by atoms with Crippen LogP contribution in [-0.4, -0.2) is 33.0 Å². The molecule has 122 valence electrons. The number of aromatic nitrogens is 2. The van der Waals surface area contributed by atoms with Crippen molar-refractivity contribution in [2.75, 3.05) is 13.1 Å². The van der Waals surface area contributed by atoms with Crippen molar-refractivity contribution in [2.45, 2.75) is 26.3 Å². The number of nitrogens with zero attached hydrogens (tertiary/aromatic N) is 3. The molecule has 1 aliphatic heterocycles. The lowest BCUT2D eigenvalue weighted by Crippen LogP contribution is -2.46. The highest BCUT2D eigenvalue weighted by Crippen LogP contribution is 2.16. The molecule has 0 N–H and O–H groups in total. The third-order valence-electron chi connectivity index (χ3n) is 4.69. The molecule has 1 aromatic carbocycles. The molecule has 0 bridgehead atoms. The first-order chi connectivity index (χ1) is 11.0. The molecule has 1 aromatic heterocycles. The number of rotatable bonds is 2. The van der Waals surface area contributed by atoms with E-state index in [-0.39, 0.29) is 12.5 Å². The minimum absolute atomic E-state index is 0.161. The molecule has 0 spiro atoms. The van der Waals surface area contributed by atoms with E-state index in [1.165, 1.54) is 4.57 Å². The molecular formula is C17H21N3O3. The largest absolute Gasteiger partial charge is 0.341 e. The molecule has 1 aliphatic rings. The van der Waals surface area contributed by atoms with Gasteiger partial charge in [-0.2, -0.15) is 0 Å². The Morgan fingerprint density at radius 2 is 1.83 bits per heavy atom. The van der Waals surface area contributed by atoms with Crippen molar-refractivity contribution in [1.82, 2.24) is 14.0 Å². The van der Waals surface area contributed by atoms with E-state index in [1.54, 1.807) is 36.2 Å². The number of carbonyl (C=O) groups excluding carboxylic acids is 1. The highest BCUT2D eigenvalue weighted by molar-refractivity contribution is 5.79. The number of likely N-dealkylation sites (tertiary alicyclic amines) is 1. The lowest BCUT2D eigenvalue weighted by molar-refractivity contribution is -0.133. The number of fused-ring (bicyclic) bond motifs is 1. The summed E-state index contributed by atoms with van der Waals surface area (Å²) in [5, 5.41) is 0.453. The zero-order chi connectivity index (χ0) is 16.6. The van der Waals surface area contributed by atoms with Gasteiger partial charge in [-0.05, 0) is 30.9 Å². The summed E-state index contributed by atoms with van der Waals surface area (Å²) in [4.78, 5) is 39.2. The summed E-state index contributed by atoms with van der Waals surface area (Å²) in [7, 11) is 1.62. The smallest absolute Gasteiger partial charge is 0.331 e. The van der Waals surface area contributed by atoms with Gasteiger partial charge in [0.25, 0.3) is 5.56 Å². The maximum absolute atomic E-state index is 12.6. The number of aryl methyl sites for hydroxylation is 1. The Kier molecular flexibility index (Phi) is 4.07. The third kappa shape index (κ3) is 2.81. The Bertz CT molecular complexity index is 857. The monoisotopic (exact) mass is 315 g/mol. The van der Waals surface area contributed by atoms with Crippen molar-refractivity contribution < 1.29 is 4.79 Å². The number of para-hydroxylation sites is 1. The summed E-state index contributed by atoms with van der Waals surface area (Å²) in [5.74, 6) is 0.460. The van der Waals surface area contributed by atoms with E-state index in [4.69, 9.17) is 0 Å². The number of amides is 1. The molecule has 1 saturated heterocycles. The van der Waals surface area contributed by atoms with Crippen molar-refractivity contribution in [1.29, 1.82) is 0 Å². The predicted molar refractivity (Wildman–Crippen MR) is 88.4 cm³/mol. The van der Waals surface area contributed by atoms with E-state index in [9.17, 15) is 14.4 Å². The van der Waals surface area contributed by atoms with E-state index in [0.29, 0.717) is 29.9 Å². The first-order valence-corrected chi connectivity index (χ1v) is 7.95. The molecule has 0 aliphatic carbocycles. The van der Waals surface area contributed by atoms with Gasteiger partial charge in [-0.15, -0.1) is 0 Å². The Hall–Kier alpha value is -2.37. The predicted octanol–water partition coefficient (Wildman–Crippen LogP) is 0.959. The van der Waals surface area contributed by atoms with Gasteiger partial charge in [0, 0.05) is 20.1 Å². The van der Waals surface area contributed by atoms with Gasteiger partial charge in [0.05, 0.1) is 10.9 Å². The topological polar surface area (TPSA) is 64.3 Å². The molecular weight excluding hydrogens is 294 g/mol. The molecule has 2 aromatic rings. The molecule has 0 radical (unpaired) electrons. The first-order valence-electron chi connectivity index (χ1n) is 7.95. The second-order valence-electron chi connectivity index (χ2n) is 6.31. The fraction of sp³-hybridized carbons (Fsp3) is 0.471. The van der Waals surface area contributed by atoms with Crippen LogP contribution in [0.25, 0.3) is 10.9 Å². The van der Waals surface area contributed by atoms with Crippen molar-refractivity contribution in [3.05, 3.63) is 45.1 Å². The van der Waals surface area contributed by atoms with Gasteiger partial charge >= 0.3 is 5.69 Å². The maximum Gasteiger partial charge on any atom is 0.331 e. The first kappa shape index (κ1) is 15.5. The van der Waals surface area contributed by atoms with Crippen LogP contribution in [0.3, 0.4) is 0 Å². The molecule has 3 rings (SSSR count). The maximum atomic E-state index is 12.6.